The zero-order valence-corrected chi connectivity index (χ0v) is 23.7. The summed E-state index contributed by atoms with van der Waals surface area (Å²) in [6.07, 6.45) is 2.23. The van der Waals surface area contributed by atoms with Gasteiger partial charge in [0.1, 0.15) is 18.3 Å². The van der Waals surface area contributed by atoms with Crippen molar-refractivity contribution in [2.24, 2.45) is 0 Å². The molecule has 0 bridgehead atoms. The van der Waals surface area contributed by atoms with Gasteiger partial charge >= 0.3 is 26.2 Å². The molecule has 0 spiro atoms. The van der Waals surface area contributed by atoms with Crippen LogP contribution in [0.1, 0.15) is 52.7 Å². The van der Waals surface area contributed by atoms with Crippen molar-refractivity contribution in [2.45, 2.75) is 48.0 Å². The molecule has 0 aliphatic heterocycles. The Morgan fingerprint density at radius 2 is 1.00 bits per heavy atom. The second-order valence-electron chi connectivity index (χ2n) is 6.62. The van der Waals surface area contributed by atoms with Gasteiger partial charge in [0.25, 0.3) is 0 Å². The van der Waals surface area contributed by atoms with Crippen LogP contribution < -0.4 is 15.3 Å². The molecule has 0 aromatic heterocycles. The Morgan fingerprint density at radius 3 is 1.24 bits per heavy atom. The van der Waals surface area contributed by atoms with Crippen molar-refractivity contribution in [3.8, 4) is 0 Å². The molecule has 189 valence electrons. The van der Waals surface area contributed by atoms with E-state index in [0.717, 1.165) is 6.42 Å². The number of amides is 3. The summed E-state index contributed by atoms with van der Waals surface area (Å²) in [6, 6.07) is 8.49. The van der Waals surface area contributed by atoms with E-state index in [4.69, 9.17) is 0 Å². The van der Waals surface area contributed by atoms with E-state index >= 15 is 0 Å². The molecule has 0 unspecified atom stereocenters. The number of carbonyl (C=O) groups excluding carboxylic acids is 3. The minimum absolute atomic E-state index is 0. The molecule has 1 aromatic rings. The summed E-state index contributed by atoms with van der Waals surface area (Å²) in [7, 11) is 0. The summed E-state index contributed by atoms with van der Waals surface area (Å²) in [6.45, 7) is 13.7. The smallest absolute Gasteiger partial charge is 0.530 e. The van der Waals surface area contributed by atoms with Crippen LogP contribution in [0.15, 0.2) is 30.3 Å². The minimum atomic E-state index is -1.09. The van der Waals surface area contributed by atoms with Gasteiger partial charge in [-0.3, -0.25) is 0 Å². The van der Waals surface area contributed by atoms with Crippen LogP contribution >= 0.6 is 0 Å². The number of benzene rings is 1. The molecular formula is C24H38N3O6Zr. The standard InChI is InChI=1S/C9H8.3C5H11NO2.Zr/c1-2-5-9-7-3-6-8(9)4-1;3*1-3-6(4-2)5(7)8;/h1-6H,7H2;3*3-4H2,1-2H3,(H,7,8);/q;;;;+3/p-3. The molecule has 34 heavy (non-hydrogen) atoms. The zero-order chi connectivity index (χ0) is 25.8. The maximum Gasteiger partial charge on any atom is 3.00 e. The number of nitrogens with zero attached hydrogens (tertiary/aromatic N) is 3. The van der Waals surface area contributed by atoms with E-state index in [1.54, 1.807) is 41.5 Å². The van der Waals surface area contributed by atoms with Gasteiger partial charge in [-0.15, -0.1) is 0 Å². The van der Waals surface area contributed by atoms with E-state index in [1.165, 1.54) is 25.8 Å². The SMILES string of the molecule is C1=Cc2ccccc2C1.CCN(CC)C(=O)[O-].CCN(CC)C(=O)[O-].CCN(CC)C(=O)[O-].[Zr+3]. The summed E-state index contributed by atoms with van der Waals surface area (Å²) in [5.74, 6) is 0. The molecule has 0 saturated carbocycles. The number of hydrogen-bond acceptors (Lipinski definition) is 6. The number of carboxylic acid groups (broad SMARTS) is 3. The summed E-state index contributed by atoms with van der Waals surface area (Å²) in [5.41, 5.74) is 2.84. The average molecular weight is 556 g/mol. The topological polar surface area (TPSA) is 130 Å². The van der Waals surface area contributed by atoms with Gasteiger partial charge in [0.2, 0.25) is 0 Å². The van der Waals surface area contributed by atoms with Gasteiger partial charge < -0.3 is 44.4 Å². The van der Waals surface area contributed by atoms with Gasteiger partial charge in [-0.1, -0.05) is 36.4 Å². The molecule has 1 aliphatic rings. The third-order valence-electron chi connectivity index (χ3n) is 4.76. The van der Waals surface area contributed by atoms with Crippen molar-refractivity contribution in [2.75, 3.05) is 39.3 Å². The van der Waals surface area contributed by atoms with Gasteiger partial charge in [0, 0.05) is 39.3 Å². The van der Waals surface area contributed by atoms with Crippen molar-refractivity contribution in [3.63, 3.8) is 0 Å². The average Bonchev–Trinajstić information content (AvgIpc) is 3.26. The van der Waals surface area contributed by atoms with Crippen molar-refractivity contribution in [1.29, 1.82) is 0 Å². The van der Waals surface area contributed by atoms with E-state index in [2.05, 4.69) is 36.4 Å². The Hall–Kier alpha value is -2.35. The Labute approximate surface area is 223 Å². The Morgan fingerprint density at radius 1 is 0.676 bits per heavy atom. The monoisotopic (exact) mass is 554 g/mol. The van der Waals surface area contributed by atoms with Crippen LogP contribution in [0.4, 0.5) is 14.4 Å². The predicted molar refractivity (Wildman–Crippen MR) is 124 cm³/mol. The fraction of sp³-hybridized carbons (Fsp3) is 0.542. The third-order valence-corrected chi connectivity index (χ3v) is 4.76. The van der Waals surface area contributed by atoms with Crippen molar-refractivity contribution >= 4 is 24.4 Å². The maximum atomic E-state index is 9.98. The van der Waals surface area contributed by atoms with Crippen LogP contribution in [0.2, 0.25) is 0 Å². The largest absolute Gasteiger partial charge is 3.00 e. The normalized spacial score (nSPS) is 9.82. The molecule has 1 aromatic carbocycles. The zero-order valence-electron chi connectivity index (χ0n) is 21.2. The van der Waals surface area contributed by atoms with E-state index in [1.807, 2.05) is 0 Å². The van der Waals surface area contributed by atoms with Gasteiger partial charge in [-0.25, -0.2) is 0 Å². The molecule has 0 heterocycles. The molecule has 0 N–H and O–H groups in total. The second-order valence-corrected chi connectivity index (χ2v) is 6.62. The molecule has 0 atom stereocenters. The fourth-order valence-corrected chi connectivity index (χ4v) is 2.64. The van der Waals surface area contributed by atoms with Crippen LogP contribution in [0, 0.1) is 0 Å². The summed E-state index contributed by atoms with van der Waals surface area (Å²) in [4.78, 5) is 33.6. The van der Waals surface area contributed by atoms with Crippen LogP contribution in [0.5, 0.6) is 0 Å². The Kier molecular flexibility index (Phi) is 23.9. The second kappa shape index (κ2) is 22.4. The first kappa shape index (κ1) is 36.2. The quantitative estimate of drug-likeness (QED) is 0.520. The first-order valence-corrected chi connectivity index (χ1v) is 11.2. The van der Waals surface area contributed by atoms with Crippen LogP contribution in [-0.2, 0) is 32.6 Å². The van der Waals surface area contributed by atoms with Crippen LogP contribution in [-0.4, -0.2) is 72.2 Å². The minimum Gasteiger partial charge on any atom is -0.530 e. The number of carbonyl (C=O) groups is 3. The third kappa shape index (κ3) is 16.3. The summed E-state index contributed by atoms with van der Waals surface area (Å²) in [5, 5.41) is 29.9. The first-order chi connectivity index (χ1) is 15.6. The molecule has 1 aliphatic carbocycles. The molecule has 1 radical (unpaired) electrons. The van der Waals surface area contributed by atoms with Gasteiger partial charge in [-0.2, -0.15) is 0 Å². The molecule has 10 heteroatoms. The molecule has 0 saturated heterocycles. The van der Waals surface area contributed by atoms with E-state index < -0.39 is 18.3 Å². The molecule has 2 rings (SSSR count). The van der Waals surface area contributed by atoms with E-state index in [0.29, 0.717) is 39.3 Å². The van der Waals surface area contributed by atoms with Crippen LogP contribution in [0.25, 0.3) is 6.08 Å². The van der Waals surface area contributed by atoms with Crippen LogP contribution in [0.3, 0.4) is 0 Å². The molecule has 3 amide bonds. The number of fused-ring (bicyclic) bond motifs is 1. The number of allylic oxidation sites excluding steroid dienone is 1. The van der Waals surface area contributed by atoms with Crippen molar-refractivity contribution < 1.29 is 55.9 Å². The summed E-state index contributed by atoms with van der Waals surface area (Å²) < 4.78 is 0. The maximum absolute atomic E-state index is 9.98. The predicted octanol–water partition coefficient (Wildman–Crippen LogP) is 1.27. The van der Waals surface area contributed by atoms with Crippen molar-refractivity contribution in [1.82, 2.24) is 14.7 Å². The number of rotatable bonds is 6. The fourth-order valence-electron chi connectivity index (χ4n) is 2.64. The van der Waals surface area contributed by atoms with Gasteiger partial charge in [0.15, 0.2) is 0 Å². The van der Waals surface area contributed by atoms with Gasteiger partial charge in [-0.05, 0) is 59.1 Å². The molecular weight excluding hydrogens is 518 g/mol. The van der Waals surface area contributed by atoms with Gasteiger partial charge in [0.05, 0.1) is 0 Å². The molecule has 0 fully saturated rings. The number of hydrogen-bond donors (Lipinski definition) is 0. The van der Waals surface area contributed by atoms with E-state index in [9.17, 15) is 29.7 Å². The summed E-state index contributed by atoms with van der Waals surface area (Å²) >= 11 is 0. The van der Waals surface area contributed by atoms with E-state index in [-0.39, 0.29) is 26.2 Å². The first-order valence-electron chi connectivity index (χ1n) is 11.2. The van der Waals surface area contributed by atoms with Crippen molar-refractivity contribution in [3.05, 3.63) is 41.5 Å². The Balaban J connectivity index is -0.000000374. The molecule has 9 nitrogen and oxygen atoms in total. The Bertz CT molecular complexity index is 666.